The number of nitrogens with zero attached hydrogens (tertiary/aromatic N) is 1. The Labute approximate surface area is 136 Å². The average Bonchev–Trinajstić information content (AvgIpc) is 2.93. The smallest absolute Gasteiger partial charge is 0.326 e. The summed E-state index contributed by atoms with van der Waals surface area (Å²) in [7, 11) is 0. The molecule has 0 bridgehead atoms. The molecular formula is C13H19N3O8. The fraction of sp³-hybridized carbons (Fsp3) is 0.615. The van der Waals surface area contributed by atoms with Crippen molar-refractivity contribution in [2.75, 3.05) is 6.54 Å². The molecule has 0 aromatic rings. The summed E-state index contributed by atoms with van der Waals surface area (Å²) >= 11 is 0. The number of aliphatic carboxylic acids is 3. The molecule has 0 spiro atoms. The molecule has 1 rings (SSSR count). The zero-order chi connectivity index (χ0) is 18.4. The summed E-state index contributed by atoms with van der Waals surface area (Å²) in [6.07, 6.45) is -0.697. The minimum atomic E-state index is -1.62. The van der Waals surface area contributed by atoms with Crippen LogP contribution in [0.1, 0.15) is 25.7 Å². The number of carbonyl (C=O) groups excluding carboxylic acids is 2. The van der Waals surface area contributed by atoms with E-state index in [9.17, 15) is 24.0 Å². The van der Waals surface area contributed by atoms with E-state index in [0.717, 1.165) is 4.90 Å². The number of amides is 2. The number of hydrogen-bond donors (Lipinski definition) is 5. The lowest BCUT2D eigenvalue weighted by atomic mass is 10.1. The first-order valence-corrected chi connectivity index (χ1v) is 7.16. The Bertz CT molecular complexity index is 549. The van der Waals surface area contributed by atoms with Crippen LogP contribution in [0.25, 0.3) is 0 Å². The van der Waals surface area contributed by atoms with Crippen molar-refractivity contribution in [2.45, 2.75) is 43.8 Å². The minimum absolute atomic E-state index is 0.181. The normalized spacial score (nSPS) is 19.4. The van der Waals surface area contributed by atoms with Crippen molar-refractivity contribution in [1.29, 1.82) is 0 Å². The molecule has 0 aromatic carbocycles. The Morgan fingerprint density at radius 2 is 1.67 bits per heavy atom. The van der Waals surface area contributed by atoms with E-state index >= 15 is 0 Å². The van der Waals surface area contributed by atoms with Gasteiger partial charge in [0, 0.05) is 6.54 Å². The SMILES string of the molecule is N[C@@H](CC(=O)O)C(=O)N1CCC[C@H]1C(=O)N[C@@H](CC(=O)O)C(=O)O. The fourth-order valence-corrected chi connectivity index (χ4v) is 2.43. The molecule has 1 saturated heterocycles. The Morgan fingerprint density at radius 3 is 2.17 bits per heavy atom. The highest BCUT2D eigenvalue weighted by atomic mass is 16.4. The number of carboxylic acids is 3. The summed E-state index contributed by atoms with van der Waals surface area (Å²) < 4.78 is 0. The van der Waals surface area contributed by atoms with E-state index in [4.69, 9.17) is 21.1 Å². The second kappa shape index (κ2) is 8.24. The third kappa shape index (κ3) is 5.19. The molecule has 1 aliphatic rings. The maximum Gasteiger partial charge on any atom is 0.326 e. The van der Waals surface area contributed by atoms with Crippen LogP contribution in [0, 0.1) is 0 Å². The first kappa shape index (κ1) is 19.4. The van der Waals surface area contributed by atoms with Gasteiger partial charge in [-0.15, -0.1) is 0 Å². The van der Waals surface area contributed by atoms with Gasteiger partial charge in [0.15, 0.2) is 0 Å². The van der Waals surface area contributed by atoms with Crippen molar-refractivity contribution >= 4 is 29.7 Å². The predicted octanol–water partition coefficient (Wildman–Crippen LogP) is -2.18. The van der Waals surface area contributed by atoms with E-state index in [1.807, 2.05) is 0 Å². The second-order valence-electron chi connectivity index (χ2n) is 5.39. The Kier molecular flexibility index (Phi) is 6.65. The molecule has 1 aliphatic heterocycles. The number of rotatable bonds is 8. The van der Waals surface area contributed by atoms with Crippen LogP contribution in [0.4, 0.5) is 0 Å². The van der Waals surface area contributed by atoms with Crippen molar-refractivity contribution in [2.24, 2.45) is 5.73 Å². The van der Waals surface area contributed by atoms with Crippen LogP contribution in [0.2, 0.25) is 0 Å². The zero-order valence-electron chi connectivity index (χ0n) is 12.7. The third-order valence-corrected chi connectivity index (χ3v) is 3.54. The Balaban J connectivity index is 2.77. The van der Waals surface area contributed by atoms with E-state index in [1.54, 1.807) is 0 Å². The first-order chi connectivity index (χ1) is 11.1. The minimum Gasteiger partial charge on any atom is -0.481 e. The van der Waals surface area contributed by atoms with E-state index < -0.39 is 60.7 Å². The Morgan fingerprint density at radius 1 is 1.08 bits per heavy atom. The molecule has 0 unspecified atom stereocenters. The maximum absolute atomic E-state index is 12.2. The molecule has 0 radical (unpaired) electrons. The van der Waals surface area contributed by atoms with Crippen LogP contribution in [-0.4, -0.2) is 74.6 Å². The van der Waals surface area contributed by atoms with Crippen molar-refractivity contribution in [3.05, 3.63) is 0 Å². The first-order valence-electron chi connectivity index (χ1n) is 7.16. The van der Waals surface area contributed by atoms with Gasteiger partial charge in [-0.2, -0.15) is 0 Å². The van der Waals surface area contributed by atoms with Crippen molar-refractivity contribution in [3.63, 3.8) is 0 Å². The van der Waals surface area contributed by atoms with Crippen molar-refractivity contribution < 1.29 is 39.3 Å². The van der Waals surface area contributed by atoms with E-state index in [-0.39, 0.29) is 13.0 Å². The number of likely N-dealkylation sites (tertiary alicyclic amines) is 1. The molecule has 24 heavy (non-hydrogen) atoms. The average molecular weight is 345 g/mol. The lowest BCUT2D eigenvalue weighted by Gasteiger charge is -2.27. The molecule has 11 nitrogen and oxygen atoms in total. The molecule has 1 heterocycles. The van der Waals surface area contributed by atoms with E-state index in [1.165, 1.54) is 0 Å². The molecule has 2 amide bonds. The number of nitrogens with two attached hydrogens (primary N) is 1. The van der Waals surface area contributed by atoms with Gasteiger partial charge in [-0.1, -0.05) is 0 Å². The standard InChI is InChI=1S/C13H19N3O8/c14-6(4-9(17)18)12(22)16-3-1-2-8(16)11(21)15-7(13(23)24)5-10(19)20/h6-8H,1-5,14H2,(H,15,21)(H,17,18)(H,19,20)(H,23,24)/t6-,7-,8-/m0/s1. The quantitative estimate of drug-likeness (QED) is 0.326. The Hall–Kier alpha value is -2.69. The van der Waals surface area contributed by atoms with Gasteiger partial charge >= 0.3 is 17.9 Å². The van der Waals surface area contributed by atoms with Crippen LogP contribution in [0.15, 0.2) is 0 Å². The number of carboxylic acid groups (broad SMARTS) is 3. The molecule has 6 N–H and O–H groups in total. The van der Waals surface area contributed by atoms with Crippen LogP contribution in [0.3, 0.4) is 0 Å². The largest absolute Gasteiger partial charge is 0.481 e. The highest BCUT2D eigenvalue weighted by Gasteiger charge is 2.38. The summed E-state index contributed by atoms with van der Waals surface area (Å²) in [5, 5.41) is 28.3. The number of nitrogens with one attached hydrogen (secondary N) is 1. The van der Waals surface area contributed by atoms with Crippen LogP contribution in [0.5, 0.6) is 0 Å². The van der Waals surface area contributed by atoms with Crippen LogP contribution >= 0.6 is 0 Å². The topological polar surface area (TPSA) is 187 Å². The highest BCUT2D eigenvalue weighted by Crippen LogP contribution is 2.19. The van der Waals surface area contributed by atoms with E-state index in [0.29, 0.717) is 6.42 Å². The summed E-state index contributed by atoms with van der Waals surface area (Å²) in [6, 6.07) is -3.95. The highest BCUT2D eigenvalue weighted by molar-refractivity contribution is 5.94. The molecule has 0 aromatic heterocycles. The number of carbonyl (C=O) groups is 5. The van der Waals surface area contributed by atoms with Crippen molar-refractivity contribution in [1.82, 2.24) is 10.2 Å². The van der Waals surface area contributed by atoms with Gasteiger partial charge in [0.05, 0.1) is 18.9 Å². The number of hydrogen-bond acceptors (Lipinski definition) is 6. The van der Waals surface area contributed by atoms with Gasteiger partial charge in [-0.25, -0.2) is 4.79 Å². The fourth-order valence-electron chi connectivity index (χ4n) is 2.43. The molecule has 0 saturated carbocycles. The zero-order valence-corrected chi connectivity index (χ0v) is 12.7. The summed E-state index contributed by atoms with van der Waals surface area (Å²) in [5.74, 6) is -5.70. The van der Waals surface area contributed by atoms with Gasteiger partial charge in [-0.3, -0.25) is 19.2 Å². The molecular weight excluding hydrogens is 326 g/mol. The summed E-state index contributed by atoms with van der Waals surface area (Å²) in [4.78, 5) is 57.7. The van der Waals surface area contributed by atoms with E-state index in [2.05, 4.69) is 5.32 Å². The lowest BCUT2D eigenvalue weighted by molar-refractivity contribution is -0.148. The summed E-state index contributed by atoms with van der Waals surface area (Å²) in [6.45, 7) is 0.181. The molecule has 1 fully saturated rings. The lowest BCUT2D eigenvalue weighted by Crippen LogP contribution is -2.54. The van der Waals surface area contributed by atoms with Crippen molar-refractivity contribution in [3.8, 4) is 0 Å². The summed E-state index contributed by atoms with van der Waals surface area (Å²) in [5.41, 5.74) is 5.50. The predicted molar refractivity (Wildman–Crippen MR) is 76.8 cm³/mol. The molecule has 134 valence electrons. The maximum atomic E-state index is 12.2. The van der Waals surface area contributed by atoms with Gasteiger partial charge in [-0.05, 0) is 12.8 Å². The van der Waals surface area contributed by atoms with Crippen LogP contribution < -0.4 is 11.1 Å². The third-order valence-electron chi connectivity index (χ3n) is 3.54. The monoisotopic (exact) mass is 345 g/mol. The molecule has 11 heteroatoms. The van der Waals surface area contributed by atoms with Gasteiger partial charge in [0.2, 0.25) is 11.8 Å². The van der Waals surface area contributed by atoms with Gasteiger partial charge in [0.1, 0.15) is 12.1 Å². The van der Waals surface area contributed by atoms with Gasteiger partial charge in [0.25, 0.3) is 0 Å². The second-order valence-corrected chi connectivity index (χ2v) is 5.39. The molecule has 3 atom stereocenters. The van der Waals surface area contributed by atoms with Crippen LogP contribution in [-0.2, 0) is 24.0 Å². The van der Waals surface area contributed by atoms with Gasteiger partial charge < -0.3 is 31.3 Å². The molecule has 0 aliphatic carbocycles.